The third-order valence-electron chi connectivity index (χ3n) is 3.40. The number of fused-ring (bicyclic) bond motifs is 1. The number of nitrogen functional groups attached to an aromatic ring is 1. The molecule has 3 N–H and O–H groups in total. The van der Waals surface area contributed by atoms with Crippen molar-refractivity contribution < 1.29 is 19.4 Å². The van der Waals surface area contributed by atoms with E-state index in [1.165, 1.54) is 18.7 Å². The number of carbonyl (C=O) groups is 1. The van der Waals surface area contributed by atoms with Crippen molar-refractivity contribution in [1.29, 1.82) is 0 Å². The number of aliphatic hydroxyl groups excluding tert-OH is 1. The van der Waals surface area contributed by atoms with Gasteiger partial charge in [-0.3, -0.25) is 9.69 Å². The first-order valence-corrected chi connectivity index (χ1v) is 7.53. The molecule has 0 unspecified atom stereocenters. The normalized spacial score (nSPS) is 27.1. The number of hydrogen-bond donors (Lipinski definition) is 2. The number of thioether (sulfide) groups is 1. The molecule has 0 spiro atoms. The van der Waals surface area contributed by atoms with Gasteiger partial charge in [-0.25, -0.2) is 4.98 Å². The summed E-state index contributed by atoms with van der Waals surface area (Å²) >= 11 is 1.39. The average Bonchev–Trinajstić information content (AvgIpc) is 2.98. The molecular formula is C13H16N4O4S. The summed E-state index contributed by atoms with van der Waals surface area (Å²) in [5.74, 6) is 0.306. The number of aromatic nitrogens is 2. The summed E-state index contributed by atoms with van der Waals surface area (Å²) in [6.45, 7) is 5.17. The maximum Gasteiger partial charge on any atom is 0.303 e. The minimum absolute atomic E-state index is 0.139. The first kappa shape index (κ1) is 15.1. The number of hydrogen-bond acceptors (Lipinski definition) is 9. The standard InChI is InChI=1S/C13H16N4O4S/c1-6-17(11-10(22-6)4-15-13(14)16-11)12-9(20-7(2)19)3-8(5-18)21-12/h4,8-9,12,18H,1,3,5H2,2H3,(H2,14,15,16)/t8-,9+,12+/m0/s1. The molecule has 3 rings (SSSR count). The summed E-state index contributed by atoms with van der Waals surface area (Å²) < 4.78 is 11.1. The second kappa shape index (κ2) is 5.75. The fraction of sp³-hybridized carbons (Fsp3) is 0.462. The molecule has 1 aromatic heterocycles. The van der Waals surface area contributed by atoms with Crippen LogP contribution in [0.1, 0.15) is 13.3 Å². The van der Waals surface area contributed by atoms with Crippen molar-refractivity contribution in [2.75, 3.05) is 17.2 Å². The van der Waals surface area contributed by atoms with Crippen LogP contribution < -0.4 is 10.6 Å². The van der Waals surface area contributed by atoms with Crippen LogP contribution in [0.3, 0.4) is 0 Å². The van der Waals surface area contributed by atoms with Crippen LogP contribution in [-0.4, -0.2) is 46.1 Å². The number of esters is 1. The summed E-state index contributed by atoms with van der Waals surface area (Å²) in [7, 11) is 0. The van der Waals surface area contributed by atoms with E-state index >= 15 is 0 Å². The highest BCUT2D eigenvalue weighted by molar-refractivity contribution is 8.03. The lowest BCUT2D eigenvalue weighted by molar-refractivity contribution is -0.148. The number of ether oxygens (including phenoxy) is 2. The van der Waals surface area contributed by atoms with Crippen LogP contribution in [0.15, 0.2) is 22.7 Å². The Morgan fingerprint density at radius 1 is 1.73 bits per heavy atom. The van der Waals surface area contributed by atoms with Crippen LogP contribution in [-0.2, 0) is 14.3 Å². The van der Waals surface area contributed by atoms with Crippen molar-refractivity contribution in [3.63, 3.8) is 0 Å². The van der Waals surface area contributed by atoms with Crippen molar-refractivity contribution in [1.82, 2.24) is 9.97 Å². The number of carbonyl (C=O) groups excluding carboxylic acids is 1. The van der Waals surface area contributed by atoms with Crippen LogP contribution >= 0.6 is 11.8 Å². The Morgan fingerprint density at radius 2 is 2.50 bits per heavy atom. The minimum Gasteiger partial charge on any atom is -0.458 e. The molecule has 1 saturated heterocycles. The van der Waals surface area contributed by atoms with Gasteiger partial charge in [0, 0.05) is 19.5 Å². The third-order valence-corrected chi connectivity index (χ3v) is 4.34. The van der Waals surface area contributed by atoms with Crippen molar-refractivity contribution in [2.24, 2.45) is 0 Å². The predicted octanol–water partition coefficient (Wildman–Crippen LogP) is 0.481. The zero-order chi connectivity index (χ0) is 15.9. The number of aliphatic hydroxyl groups is 1. The summed E-state index contributed by atoms with van der Waals surface area (Å²) in [5.41, 5.74) is 5.65. The van der Waals surface area contributed by atoms with E-state index in [0.29, 0.717) is 17.3 Å². The molecule has 3 atom stereocenters. The van der Waals surface area contributed by atoms with E-state index in [1.54, 1.807) is 11.1 Å². The molecule has 22 heavy (non-hydrogen) atoms. The van der Waals surface area contributed by atoms with Crippen molar-refractivity contribution >= 4 is 29.5 Å². The predicted molar refractivity (Wildman–Crippen MR) is 79.8 cm³/mol. The Bertz CT molecular complexity index is 626. The van der Waals surface area contributed by atoms with Gasteiger partial charge in [-0.15, -0.1) is 0 Å². The molecule has 0 aromatic carbocycles. The molecule has 0 amide bonds. The van der Waals surface area contributed by atoms with Gasteiger partial charge in [-0.1, -0.05) is 18.3 Å². The van der Waals surface area contributed by atoms with E-state index in [-0.39, 0.29) is 12.6 Å². The minimum atomic E-state index is -0.600. The number of nitrogens with two attached hydrogens (primary N) is 1. The van der Waals surface area contributed by atoms with Crippen LogP contribution in [0.4, 0.5) is 11.8 Å². The Morgan fingerprint density at radius 3 is 3.18 bits per heavy atom. The first-order valence-electron chi connectivity index (χ1n) is 6.71. The van der Waals surface area contributed by atoms with Gasteiger partial charge >= 0.3 is 5.97 Å². The molecular weight excluding hydrogens is 308 g/mol. The lowest BCUT2D eigenvalue weighted by atomic mass is 10.2. The number of nitrogens with zero attached hydrogens (tertiary/aromatic N) is 3. The molecule has 1 fully saturated rings. The van der Waals surface area contributed by atoms with Gasteiger partial charge in [-0.2, -0.15) is 4.98 Å². The van der Waals surface area contributed by atoms with Gasteiger partial charge in [0.15, 0.2) is 12.0 Å². The Labute approximate surface area is 131 Å². The Hall–Kier alpha value is -1.84. The smallest absolute Gasteiger partial charge is 0.303 e. The molecule has 118 valence electrons. The average molecular weight is 324 g/mol. The highest BCUT2D eigenvalue weighted by Gasteiger charge is 2.45. The highest BCUT2D eigenvalue weighted by Crippen LogP contribution is 2.47. The maximum absolute atomic E-state index is 11.3. The summed E-state index contributed by atoms with van der Waals surface area (Å²) in [4.78, 5) is 22.0. The molecule has 1 aromatic rings. The summed E-state index contributed by atoms with van der Waals surface area (Å²) in [6.07, 6.45) is 0.499. The van der Waals surface area contributed by atoms with Crippen molar-refractivity contribution in [3.05, 3.63) is 17.8 Å². The van der Waals surface area contributed by atoms with E-state index in [9.17, 15) is 9.90 Å². The largest absolute Gasteiger partial charge is 0.458 e. The topological polar surface area (TPSA) is 111 Å². The van der Waals surface area contributed by atoms with Gasteiger partial charge in [-0.05, 0) is 0 Å². The van der Waals surface area contributed by atoms with E-state index in [1.807, 2.05) is 0 Å². The van der Waals surface area contributed by atoms with Gasteiger partial charge in [0.25, 0.3) is 0 Å². The fourth-order valence-corrected chi connectivity index (χ4v) is 3.44. The lowest BCUT2D eigenvalue weighted by Gasteiger charge is -2.29. The van der Waals surface area contributed by atoms with Gasteiger partial charge in [0.05, 0.1) is 22.6 Å². The maximum atomic E-state index is 11.3. The molecule has 0 saturated carbocycles. The van der Waals surface area contributed by atoms with Gasteiger partial charge < -0.3 is 20.3 Å². The van der Waals surface area contributed by atoms with E-state index in [4.69, 9.17) is 15.2 Å². The molecule has 0 aliphatic carbocycles. The van der Waals surface area contributed by atoms with Crippen LogP contribution in [0, 0.1) is 0 Å². The van der Waals surface area contributed by atoms with Crippen molar-refractivity contribution in [3.8, 4) is 0 Å². The number of rotatable bonds is 3. The molecule has 9 heteroatoms. The fourth-order valence-electron chi connectivity index (χ4n) is 2.56. The molecule has 8 nitrogen and oxygen atoms in total. The lowest BCUT2D eigenvalue weighted by Crippen LogP contribution is -2.41. The van der Waals surface area contributed by atoms with Gasteiger partial charge in [0.1, 0.15) is 6.10 Å². The summed E-state index contributed by atoms with van der Waals surface area (Å²) in [6, 6.07) is 0. The molecule has 0 radical (unpaired) electrons. The highest BCUT2D eigenvalue weighted by atomic mass is 32.2. The van der Waals surface area contributed by atoms with Crippen molar-refractivity contribution in [2.45, 2.75) is 36.7 Å². The molecule has 0 bridgehead atoms. The second-order valence-electron chi connectivity index (χ2n) is 5.00. The monoisotopic (exact) mass is 324 g/mol. The van der Waals surface area contributed by atoms with Gasteiger partial charge in [0.2, 0.25) is 5.95 Å². The second-order valence-corrected chi connectivity index (χ2v) is 6.11. The zero-order valence-electron chi connectivity index (χ0n) is 11.9. The number of anilines is 2. The molecule has 2 aliphatic heterocycles. The molecule has 3 heterocycles. The summed E-state index contributed by atoms with van der Waals surface area (Å²) in [5, 5.41) is 10.0. The zero-order valence-corrected chi connectivity index (χ0v) is 12.7. The molecule has 2 aliphatic rings. The quantitative estimate of drug-likeness (QED) is 0.767. The van der Waals surface area contributed by atoms with Crippen LogP contribution in [0.5, 0.6) is 0 Å². The van der Waals surface area contributed by atoms with E-state index < -0.39 is 24.4 Å². The first-order chi connectivity index (χ1) is 10.5. The Balaban J connectivity index is 1.93. The Kier molecular flexibility index (Phi) is 3.94. The van der Waals surface area contributed by atoms with Crippen LogP contribution in [0.25, 0.3) is 0 Å². The third kappa shape index (κ3) is 2.62. The van der Waals surface area contributed by atoms with E-state index in [0.717, 1.165) is 4.90 Å². The van der Waals surface area contributed by atoms with E-state index in [2.05, 4.69) is 16.5 Å². The van der Waals surface area contributed by atoms with Crippen LogP contribution in [0.2, 0.25) is 0 Å². The SMILES string of the molecule is C=C1Sc2cnc(N)nc2N1[C@@H]1O[C@H](CO)C[C@H]1OC(C)=O.